The molecule has 2 aromatic rings. The fourth-order valence-electron chi connectivity index (χ4n) is 3.26. The molecule has 0 aliphatic carbocycles. The van der Waals surface area contributed by atoms with Gasteiger partial charge >= 0.3 is 0 Å². The van der Waals surface area contributed by atoms with Crippen LogP contribution in [0.15, 0.2) is 34.9 Å². The number of rotatable bonds is 6. The monoisotopic (exact) mass is 388 g/mol. The number of piperidine rings is 1. The molecular formula is C20H24N2O6. The van der Waals surface area contributed by atoms with Crippen LogP contribution < -0.4 is 19.5 Å². The van der Waals surface area contributed by atoms with Crippen molar-refractivity contribution in [3.8, 4) is 17.2 Å². The minimum atomic E-state index is -0.227. The average Bonchev–Trinajstić information content (AvgIpc) is 3.27. The van der Waals surface area contributed by atoms with Crippen LogP contribution in [0.1, 0.15) is 33.8 Å². The first kappa shape index (κ1) is 19.6. The third-order valence-electron chi connectivity index (χ3n) is 4.78. The number of amides is 2. The molecule has 0 atom stereocenters. The summed E-state index contributed by atoms with van der Waals surface area (Å²) in [5.74, 6) is 1.26. The van der Waals surface area contributed by atoms with Gasteiger partial charge in [-0.1, -0.05) is 0 Å². The van der Waals surface area contributed by atoms with Crippen LogP contribution in [0.5, 0.6) is 17.2 Å². The number of nitrogens with one attached hydrogen (secondary N) is 1. The average molecular weight is 388 g/mol. The number of ether oxygens (including phenoxy) is 3. The van der Waals surface area contributed by atoms with Crippen molar-refractivity contribution in [3.63, 3.8) is 0 Å². The Morgan fingerprint density at radius 3 is 2.21 bits per heavy atom. The molecule has 2 heterocycles. The van der Waals surface area contributed by atoms with Crippen molar-refractivity contribution in [2.75, 3.05) is 34.4 Å². The number of carbonyl (C=O) groups excluding carboxylic acids is 2. The summed E-state index contributed by atoms with van der Waals surface area (Å²) in [6.45, 7) is 1.11. The van der Waals surface area contributed by atoms with Gasteiger partial charge in [0, 0.05) is 24.7 Å². The van der Waals surface area contributed by atoms with E-state index >= 15 is 0 Å². The van der Waals surface area contributed by atoms with Gasteiger partial charge in [-0.3, -0.25) is 9.59 Å². The molecule has 150 valence electrons. The van der Waals surface area contributed by atoms with Gasteiger partial charge in [-0.15, -0.1) is 0 Å². The zero-order valence-electron chi connectivity index (χ0n) is 16.2. The highest BCUT2D eigenvalue weighted by Crippen LogP contribution is 2.38. The third-order valence-corrected chi connectivity index (χ3v) is 4.78. The van der Waals surface area contributed by atoms with E-state index in [1.54, 1.807) is 29.2 Å². The summed E-state index contributed by atoms with van der Waals surface area (Å²) in [5, 5.41) is 3.02. The van der Waals surface area contributed by atoms with E-state index in [1.165, 1.54) is 27.6 Å². The summed E-state index contributed by atoms with van der Waals surface area (Å²) in [7, 11) is 4.52. The van der Waals surface area contributed by atoms with Crippen LogP contribution in [0, 0.1) is 0 Å². The van der Waals surface area contributed by atoms with Crippen molar-refractivity contribution < 1.29 is 28.2 Å². The van der Waals surface area contributed by atoms with E-state index in [0.717, 1.165) is 0 Å². The minimum Gasteiger partial charge on any atom is -0.493 e. The van der Waals surface area contributed by atoms with Crippen molar-refractivity contribution in [3.05, 3.63) is 41.9 Å². The molecule has 0 unspecified atom stereocenters. The first-order valence-corrected chi connectivity index (χ1v) is 9.01. The molecule has 1 aliphatic heterocycles. The van der Waals surface area contributed by atoms with E-state index in [-0.39, 0.29) is 17.9 Å². The maximum absolute atomic E-state index is 12.7. The highest BCUT2D eigenvalue weighted by atomic mass is 16.5. The van der Waals surface area contributed by atoms with Crippen molar-refractivity contribution in [2.45, 2.75) is 18.9 Å². The van der Waals surface area contributed by atoms with Gasteiger partial charge in [0.1, 0.15) is 0 Å². The number of benzene rings is 1. The Balaban J connectivity index is 1.62. The Kier molecular flexibility index (Phi) is 6.08. The lowest BCUT2D eigenvalue weighted by Gasteiger charge is -2.32. The van der Waals surface area contributed by atoms with Crippen LogP contribution in [0.3, 0.4) is 0 Å². The fraction of sp³-hybridized carbons (Fsp3) is 0.400. The highest BCUT2D eigenvalue weighted by Gasteiger charge is 2.26. The molecule has 0 spiro atoms. The Morgan fingerprint density at radius 2 is 1.71 bits per heavy atom. The first-order valence-electron chi connectivity index (χ1n) is 9.01. The van der Waals surface area contributed by atoms with Gasteiger partial charge in [0.25, 0.3) is 11.8 Å². The SMILES string of the molecule is COc1cc(C(=O)NC2CCN(C(=O)c3ccco3)CC2)cc(OC)c1OC. The molecule has 8 heteroatoms. The molecule has 1 aromatic heterocycles. The molecule has 2 amide bonds. The normalized spacial score (nSPS) is 14.5. The number of furan rings is 1. The van der Waals surface area contributed by atoms with E-state index in [9.17, 15) is 9.59 Å². The zero-order valence-corrected chi connectivity index (χ0v) is 16.2. The van der Waals surface area contributed by atoms with Gasteiger partial charge in [-0.2, -0.15) is 0 Å². The summed E-state index contributed by atoms with van der Waals surface area (Å²) in [5.41, 5.74) is 0.420. The van der Waals surface area contributed by atoms with Crippen LogP contribution in [0.2, 0.25) is 0 Å². The fourth-order valence-corrected chi connectivity index (χ4v) is 3.26. The van der Waals surface area contributed by atoms with Crippen molar-refractivity contribution in [1.29, 1.82) is 0 Å². The molecule has 8 nitrogen and oxygen atoms in total. The summed E-state index contributed by atoms with van der Waals surface area (Å²) in [4.78, 5) is 26.7. The number of carbonyl (C=O) groups is 2. The van der Waals surface area contributed by atoms with Crippen LogP contribution in [-0.4, -0.2) is 57.2 Å². The number of hydrogen-bond acceptors (Lipinski definition) is 6. The Hall–Kier alpha value is -3.16. The van der Waals surface area contributed by atoms with Crippen LogP contribution in [0.4, 0.5) is 0 Å². The molecular weight excluding hydrogens is 364 g/mol. The molecule has 3 rings (SSSR count). The smallest absolute Gasteiger partial charge is 0.289 e. The topological polar surface area (TPSA) is 90.2 Å². The van der Waals surface area contributed by atoms with Crippen molar-refractivity contribution in [2.24, 2.45) is 0 Å². The maximum Gasteiger partial charge on any atom is 0.289 e. The zero-order chi connectivity index (χ0) is 20.1. The van der Waals surface area contributed by atoms with Gasteiger partial charge in [0.05, 0.1) is 27.6 Å². The Morgan fingerprint density at radius 1 is 1.07 bits per heavy atom. The van der Waals surface area contributed by atoms with Crippen LogP contribution in [0.25, 0.3) is 0 Å². The van der Waals surface area contributed by atoms with Crippen LogP contribution >= 0.6 is 0 Å². The summed E-state index contributed by atoms with van der Waals surface area (Å²) < 4.78 is 21.0. The molecule has 0 bridgehead atoms. The lowest BCUT2D eigenvalue weighted by atomic mass is 10.0. The second-order valence-electron chi connectivity index (χ2n) is 6.43. The predicted octanol–water partition coefficient (Wildman–Crippen LogP) is 2.34. The highest BCUT2D eigenvalue weighted by molar-refractivity contribution is 5.96. The molecule has 1 aromatic carbocycles. The third kappa shape index (κ3) is 4.05. The lowest BCUT2D eigenvalue weighted by molar-refractivity contribution is 0.0667. The van der Waals surface area contributed by atoms with Gasteiger partial charge in [-0.05, 0) is 37.1 Å². The quantitative estimate of drug-likeness (QED) is 0.817. The Bertz CT molecular complexity index is 800. The maximum atomic E-state index is 12.7. The summed E-state index contributed by atoms with van der Waals surface area (Å²) in [6.07, 6.45) is 2.82. The standard InChI is InChI=1S/C20H24N2O6/c1-25-16-11-13(12-17(26-2)18(16)27-3)19(23)21-14-6-8-22(9-7-14)20(24)15-5-4-10-28-15/h4-5,10-12,14H,6-9H2,1-3H3,(H,21,23). The number of nitrogens with zero attached hydrogens (tertiary/aromatic N) is 1. The number of hydrogen-bond donors (Lipinski definition) is 1. The van der Waals surface area contributed by atoms with Gasteiger partial charge in [0.2, 0.25) is 5.75 Å². The van der Waals surface area contributed by atoms with E-state index < -0.39 is 0 Å². The molecule has 0 saturated carbocycles. The van der Waals surface area contributed by atoms with E-state index in [0.29, 0.717) is 54.5 Å². The van der Waals surface area contributed by atoms with E-state index in [1.807, 2.05) is 0 Å². The molecule has 28 heavy (non-hydrogen) atoms. The number of likely N-dealkylation sites (tertiary alicyclic amines) is 1. The number of methoxy groups -OCH3 is 3. The van der Waals surface area contributed by atoms with Crippen molar-refractivity contribution >= 4 is 11.8 Å². The molecule has 1 saturated heterocycles. The summed E-state index contributed by atoms with van der Waals surface area (Å²) >= 11 is 0. The largest absolute Gasteiger partial charge is 0.493 e. The van der Waals surface area contributed by atoms with Crippen LogP contribution in [-0.2, 0) is 0 Å². The minimum absolute atomic E-state index is 0.0211. The lowest BCUT2D eigenvalue weighted by Crippen LogP contribution is -2.46. The molecule has 1 aliphatic rings. The van der Waals surface area contributed by atoms with E-state index in [2.05, 4.69) is 5.32 Å². The second-order valence-corrected chi connectivity index (χ2v) is 6.43. The molecule has 1 N–H and O–H groups in total. The molecule has 1 fully saturated rings. The second kappa shape index (κ2) is 8.69. The van der Waals surface area contributed by atoms with Crippen molar-refractivity contribution in [1.82, 2.24) is 10.2 Å². The molecule has 0 radical (unpaired) electrons. The summed E-state index contributed by atoms with van der Waals surface area (Å²) in [6, 6.07) is 6.56. The first-order chi connectivity index (χ1) is 13.6. The van der Waals surface area contributed by atoms with Gasteiger partial charge in [0.15, 0.2) is 17.3 Å². The Labute approximate surface area is 163 Å². The predicted molar refractivity (Wildman–Crippen MR) is 101 cm³/mol. The van der Waals surface area contributed by atoms with Gasteiger partial charge in [-0.25, -0.2) is 0 Å². The van der Waals surface area contributed by atoms with Gasteiger partial charge < -0.3 is 28.8 Å². The van der Waals surface area contributed by atoms with E-state index in [4.69, 9.17) is 18.6 Å².